The van der Waals surface area contributed by atoms with E-state index in [2.05, 4.69) is 0 Å². The van der Waals surface area contributed by atoms with Gasteiger partial charge in [0.15, 0.2) is 0 Å². The van der Waals surface area contributed by atoms with Crippen LogP contribution in [0, 0.1) is 5.41 Å². The molecule has 0 atom stereocenters. The molecule has 0 aromatic heterocycles. The minimum absolute atomic E-state index is 0.0210. The Bertz CT molecular complexity index is 708. The first kappa shape index (κ1) is 15.3. The van der Waals surface area contributed by atoms with Gasteiger partial charge in [0.1, 0.15) is 9.84 Å². The predicted octanol–water partition coefficient (Wildman–Crippen LogP) is 1.76. The molecule has 0 bridgehead atoms. The molecule has 2 N–H and O–H groups in total. The van der Waals surface area contributed by atoms with E-state index in [1.807, 2.05) is 18.2 Å². The van der Waals surface area contributed by atoms with Gasteiger partial charge < -0.3 is 10.6 Å². The van der Waals surface area contributed by atoms with Crippen LogP contribution in [-0.2, 0) is 21.1 Å². The largest absolute Gasteiger partial charge is 0.398 e. The molecule has 6 heteroatoms. The highest BCUT2D eigenvalue weighted by Crippen LogP contribution is 2.50. The lowest BCUT2D eigenvalue weighted by atomic mass is 9.97. The van der Waals surface area contributed by atoms with Crippen LogP contribution in [0.4, 0.5) is 11.4 Å². The van der Waals surface area contributed by atoms with Crippen molar-refractivity contribution >= 4 is 27.1 Å². The van der Waals surface area contributed by atoms with Gasteiger partial charge in [-0.2, -0.15) is 0 Å². The maximum atomic E-state index is 12.7. The maximum absolute atomic E-state index is 12.7. The number of sulfone groups is 1. The van der Waals surface area contributed by atoms with Gasteiger partial charge in [0, 0.05) is 30.6 Å². The number of hydrogen-bond donors (Lipinski definition) is 1. The van der Waals surface area contributed by atoms with Crippen molar-refractivity contribution in [3.05, 3.63) is 23.8 Å². The van der Waals surface area contributed by atoms with E-state index in [1.165, 1.54) is 6.26 Å². The zero-order chi connectivity index (χ0) is 16.0. The van der Waals surface area contributed by atoms with Crippen LogP contribution in [0.5, 0.6) is 0 Å². The first-order valence-electron chi connectivity index (χ1n) is 7.65. The SMILES string of the molecule is CS(=O)(=O)CC1(CC(=O)N2CCCc3c(N)cccc32)CC1. The van der Waals surface area contributed by atoms with E-state index in [9.17, 15) is 13.2 Å². The Morgan fingerprint density at radius 3 is 2.73 bits per heavy atom. The van der Waals surface area contributed by atoms with E-state index in [4.69, 9.17) is 5.73 Å². The number of amides is 1. The number of hydrogen-bond acceptors (Lipinski definition) is 4. The lowest BCUT2D eigenvalue weighted by Gasteiger charge is -2.31. The predicted molar refractivity (Wildman–Crippen MR) is 87.5 cm³/mol. The molecule has 1 aliphatic heterocycles. The van der Waals surface area contributed by atoms with Crippen LogP contribution < -0.4 is 10.6 Å². The third-order valence-electron chi connectivity index (χ3n) is 4.64. The molecule has 1 amide bonds. The Morgan fingerprint density at radius 1 is 1.36 bits per heavy atom. The Labute approximate surface area is 131 Å². The van der Waals surface area contributed by atoms with E-state index in [0.717, 1.165) is 42.6 Å². The summed E-state index contributed by atoms with van der Waals surface area (Å²) >= 11 is 0. The highest BCUT2D eigenvalue weighted by Gasteiger charge is 2.47. The first-order valence-corrected chi connectivity index (χ1v) is 9.71. The number of benzene rings is 1. The van der Waals surface area contributed by atoms with Crippen LogP contribution in [0.3, 0.4) is 0 Å². The Kier molecular flexibility index (Phi) is 3.67. The molecule has 1 fully saturated rings. The van der Waals surface area contributed by atoms with Crippen LogP contribution >= 0.6 is 0 Å². The van der Waals surface area contributed by atoms with Gasteiger partial charge in [-0.15, -0.1) is 0 Å². The summed E-state index contributed by atoms with van der Waals surface area (Å²) in [5.74, 6) is 0.135. The molecule has 3 rings (SSSR count). The van der Waals surface area contributed by atoms with Crippen molar-refractivity contribution in [1.82, 2.24) is 0 Å². The minimum atomic E-state index is -3.05. The molecule has 0 radical (unpaired) electrons. The van der Waals surface area contributed by atoms with Crippen molar-refractivity contribution in [3.63, 3.8) is 0 Å². The fourth-order valence-corrected chi connectivity index (χ4v) is 4.94. The molecule has 0 saturated heterocycles. The third-order valence-corrected chi connectivity index (χ3v) is 5.78. The molecule has 1 saturated carbocycles. The van der Waals surface area contributed by atoms with Crippen molar-refractivity contribution in [2.24, 2.45) is 5.41 Å². The van der Waals surface area contributed by atoms with Crippen molar-refractivity contribution in [3.8, 4) is 0 Å². The van der Waals surface area contributed by atoms with Gasteiger partial charge in [-0.25, -0.2) is 8.42 Å². The molecular formula is C16H22N2O3S. The van der Waals surface area contributed by atoms with Gasteiger partial charge in [-0.05, 0) is 48.8 Å². The molecule has 120 valence electrons. The summed E-state index contributed by atoms with van der Waals surface area (Å²) in [5, 5.41) is 0. The summed E-state index contributed by atoms with van der Waals surface area (Å²) < 4.78 is 23.1. The van der Waals surface area contributed by atoms with Gasteiger partial charge in [0.2, 0.25) is 5.91 Å². The Morgan fingerprint density at radius 2 is 2.09 bits per heavy atom. The quantitative estimate of drug-likeness (QED) is 0.857. The van der Waals surface area contributed by atoms with E-state index in [1.54, 1.807) is 4.90 Å². The average molecular weight is 322 g/mol. The van der Waals surface area contributed by atoms with E-state index < -0.39 is 9.84 Å². The van der Waals surface area contributed by atoms with Crippen LogP contribution in [-0.4, -0.2) is 32.9 Å². The summed E-state index contributed by atoms with van der Waals surface area (Å²) in [5.41, 5.74) is 8.34. The molecular weight excluding hydrogens is 300 g/mol. The molecule has 1 aliphatic carbocycles. The number of fused-ring (bicyclic) bond motifs is 1. The molecule has 1 aromatic rings. The topological polar surface area (TPSA) is 80.5 Å². The van der Waals surface area contributed by atoms with Crippen molar-refractivity contribution < 1.29 is 13.2 Å². The lowest BCUT2D eigenvalue weighted by Crippen LogP contribution is -2.37. The number of carbonyl (C=O) groups excluding carboxylic acids is 1. The number of anilines is 2. The van der Waals surface area contributed by atoms with Crippen LogP contribution in [0.2, 0.25) is 0 Å². The summed E-state index contributed by atoms with van der Waals surface area (Å²) in [6, 6.07) is 5.65. The second kappa shape index (κ2) is 5.26. The Hall–Kier alpha value is -1.56. The zero-order valence-corrected chi connectivity index (χ0v) is 13.7. The summed E-state index contributed by atoms with van der Waals surface area (Å²) in [7, 11) is -3.05. The van der Waals surface area contributed by atoms with E-state index in [0.29, 0.717) is 13.0 Å². The van der Waals surface area contributed by atoms with Gasteiger partial charge in [0.25, 0.3) is 0 Å². The molecule has 5 nitrogen and oxygen atoms in total. The van der Waals surface area contributed by atoms with E-state index >= 15 is 0 Å². The van der Waals surface area contributed by atoms with Gasteiger partial charge in [0.05, 0.1) is 5.75 Å². The van der Waals surface area contributed by atoms with Crippen molar-refractivity contribution in [2.45, 2.75) is 32.1 Å². The van der Waals surface area contributed by atoms with Gasteiger partial charge in [-0.1, -0.05) is 6.07 Å². The van der Waals surface area contributed by atoms with Crippen molar-refractivity contribution in [2.75, 3.05) is 29.2 Å². The van der Waals surface area contributed by atoms with E-state index in [-0.39, 0.29) is 17.1 Å². The normalized spacial score (nSPS) is 19.6. The minimum Gasteiger partial charge on any atom is -0.398 e. The monoisotopic (exact) mass is 322 g/mol. The fraction of sp³-hybridized carbons (Fsp3) is 0.562. The molecule has 1 heterocycles. The fourth-order valence-electron chi connectivity index (χ4n) is 3.43. The molecule has 0 unspecified atom stereocenters. The summed E-state index contributed by atoms with van der Waals surface area (Å²) in [6.45, 7) is 0.685. The summed E-state index contributed by atoms with van der Waals surface area (Å²) in [6.07, 6.45) is 4.99. The molecule has 0 spiro atoms. The lowest BCUT2D eigenvalue weighted by molar-refractivity contribution is -0.119. The maximum Gasteiger partial charge on any atom is 0.227 e. The highest BCUT2D eigenvalue weighted by atomic mass is 32.2. The summed E-state index contributed by atoms with van der Waals surface area (Å²) in [4.78, 5) is 14.5. The standard InChI is InChI=1S/C16H22N2O3S/c1-22(20,21)11-16(7-8-16)10-15(19)18-9-3-4-12-13(17)5-2-6-14(12)18/h2,5-6H,3-4,7-11,17H2,1H3. The second-order valence-corrected chi connectivity index (χ2v) is 8.88. The van der Waals surface area contributed by atoms with Crippen LogP contribution in [0.15, 0.2) is 18.2 Å². The number of nitrogens with zero attached hydrogens (tertiary/aromatic N) is 1. The molecule has 22 heavy (non-hydrogen) atoms. The first-order chi connectivity index (χ1) is 10.3. The molecule has 2 aliphatic rings. The average Bonchev–Trinajstić information content (AvgIpc) is 3.15. The third kappa shape index (κ3) is 3.11. The number of nitrogens with two attached hydrogens (primary N) is 1. The highest BCUT2D eigenvalue weighted by molar-refractivity contribution is 7.90. The number of rotatable bonds is 4. The van der Waals surface area contributed by atoms with Gasteiger partial charge >= 0.3 is 0 Å². The van der Waals surface area contributed by atoms with Crippen LogP contribution in [0.1, 0.15) is 31.2 Å². The number of carbonyl (C=O) groups is 1. The van der Waals surface area contributed by atoms with Crippen molar-refractivity contribution in [1.29, 1.82) is 0 Å². The van der Waals surface area contributed by atoms with Crippen LogP contribution in [0.25, 0.3) is 0 Å². The number of nitrogen functional groups attached to an aromatic ring is 1. The Balaban J connectivity index is 1.79. The zero-order valence-electron chi connectivity index (χ0n) is 12.8. The second-order valence-electron chi connectivity index (χ2n) is 6.74. The molecule has 1 aromatic carbocycles. The van der Waals surface area contributed by atoms with Gasteiger partial charge in [-0.3, -0.25) is 4.79 Å². The smallest absolute Gasteiger partial charge is 0.227 e.